The molecule has 202 valence electrons. The molecule has 0 aromatic heterocycles. The van der Waals surface area contributed by atoms with Crippen LogP contribution in [-0.2, 0) is 4.79 Å². The van der Waals surface area contributed by atoms with E-state index in [1.165, 1.54) is 11.8 Å². The van der Waals surface area contributed by atoms with E-state index in [1.54, 1.807) is 54.6 Å². The second kappa shape index (κ2) is 14.3. The van der Waals surface area contributed by atoms with Gasteiger partial charge in [0.25, 0.3) is 11.8 Å². The molecule has 0 aliphatic carbocycles. The van der Waals surface area contributed by atoms with E-state index in [4.69, 9.17) is 4.74 Å². The third kappa shape index (κ3) is 8.43. The van der Waals surface area contributed by atoms with Crippen LogP contribution in [0.4, 0.5) is 5.69 Å². The molecule has 2 amide bonds. The molecule has 40 heavy (non-hydrogen) atoms. The van der Waals surface area contributed by atoms with Crippen molar-refractivity contribution in [2.45, 2.75) is 11.8 Å². The summed E-state index contributed by atoms with van der Waals surface area (Å²) in [6, 6.07) is 30.4. The number of anilines is 1. The van der Waals surface area contributed by atoms with Gasteiger partial charge in [-0.15, -0.1) is 11.8 Å². The van der Waals surface area contributed by atoms with E-state index < -0.39 is 11.8 Å². The van der Waals surface area contributed by atoms with Crippen molar-refractivity contribution in [3.05, 3.63) is 130 Å². The molecule has 2 N–H and O–H groups in total. The SMILES string of the molecule is CCOc1ccc(/C=C(\NC(=O)c2ccccc2)C(=O)Nc2ccc(SCC(=O)c3ccc(Br)cc3)cc2)cc1. The molecule has 0 saturated heterocycles. The van der Waals surface area contributed by atoms with Crippen molar-refractivity contribution in [1.29, 1.82) is 0 Å². The Morgan fingerprint density at radius 3 is 2.15 bits per heavy atom. The number of hydrogen-bond donors (Lipinski definition) is 2. The van der Waals surface area contributed by atoms with E-state index in [0.717, 1.165) is 20.7 Å². The van der Waals surface area contributed by atoms with Crippen LogP contribution >= 0.6 is 27.7 Å². The van der Waals surface area contributed by atoms with Crippen molar-refractivity contribution in [3.8, 4) is 5.75 Å². The Morgan fingerprint density at radius 2 is 1.50 bits per heavy atom. The number of ketones is 1. The molecule has 0 unspecified atom stereocenters. The van der Waals surface area contributed by atoms with Crippen molar-refractivity contribution in [2.75, 3.05) is 17.7 Å². The Kier molecular flexibility index (Phi) is 10.3. The van der Waals surface area contributed by atoms with Gasteiger partial charge in [0.1, 0.15) is 11.4 Å². The number of halogens is 1. The molecule has 4 rings (SSSR count). The molecule has 8 heteroatoms. The van der Waals surface area contributed by atoms with Gasteiger partial charge < -0.3 is 15.4 Å². The minimum Gasteiger partial charge on any atom is -0.494 e. The van der Waals surface area contributed by atoms with Crippen LogP contribution < -0.4 is 15.4 Å². The lowest BCUT2D eigenvalue weighted by molar-refractivity contribution is -0.113. The molecule has 0 heterocycles. The zero-order valence-electron chi connectivity index (χ0n) is 21.7. The molecule has 0 fully saturated rings. The third-order valence-electron chi connectivity index (χ3n) is 5.68. The number of ether oxygens (including phenoxy) is 1. The summed E-state index contributed by atoms with van der Waals surface area (Å²) in [4.78, 5) is 39.5. The Labute approximate surface area is 246 Å². The molecule has 0 aliphatic heterocycles. The molecule has 0 bridgehead atoms. The standard InChI is InChI=1S/C32H27BrN2O4S/c1-2-39-27-16-8-22(9-17-27)20-29(35-31(37)24-6-4-3-5-7-24)32(38)34-26-14-18-28(19-15-26)40-21-30(36)23-10-12-25(33)13-11-23/h3-20H,2,21H2,1H3,(H,34,38)(H,35,37)/b29-20-. The van der Waals surface area contributed by atoms with Gasteiger partial charge in [0.05, 0.1) is 12.4 Å². The predicted octanol–water partition coefficient (Wildman–Crippen LogP) is 7.23. The third-order valence-corrected chi connectivity index (χ3v) is 7.22. The predicted molar refractivity (Wildman–Crippen MR) is 164 cm³/mol. The minimum atomic E-state index is -0.469. The number of carbonyl (C=O) groups is 3. The van der Waals surface area contributed by atoms with Crippen molar-refractivity contribution in [1.82, 2.24) is 5.32 Å². The van der Waals surface area contributed by atoms with E-state index in [2.05, 4.69) is 26.6 Å². The highest BCUT2D eigenvalue weighted by Crippen LogP contribution is 2.23. The highest BCUT2D eigenvalue weighted by molar-refractivity contribution is 9.10. The zero-order valence-corrected chi connectivity index (χ0v) is 24.1. The first-order valence-corrected chi connectivity index (χ1v) is 14.3. The lowest BCUT2D eigenvalue weighted by Crippen LogP contribution is -2.30. The van der Waals surface area contributed by atoms with Crippen LogP contribution in [0.3, 0.4) is 0 Å². The fourth-order valence-corrected chi connectivity index (χ4v) is 4.69. The van der Waals surface area contributed by atoms with E-state index in [0.29, 0.717) is 29.2 Å². The largest absolute Gasteiger partial charge is 0.494 e. The monoisotopic (exact) mass is 614 g/mol. The summed E-state index contributed by atoms with van der Waals surface area (Å²) in [5.41, 5.74) is 2.47. The fourth-order valence-electron chi connectivity index (χ4n) is 3.64. The van der Waals surface area contributed by atoms with Crippen LogP contribution in [-0.4, -0.2) is 30.0 Å². The van der Waals surface area contributed by atoms with Crippen LogP contribution in [0.2, 0.25) is 0 Å². The van der Waals surface area contributed by atoms with Gasteiger partial charge in [0.2, 0.25) is 0 Å². The van der Waals surface area contributed by atoms with Gasteiger partial charge >= 0.3 is 0 Å². The second-order valence-electron chi connectivity index (χ2n) is 8.58. The van der Waals surface area contributed by atoms with Crippen LogP contribution in [0.15, 0.2) is 118 Å². The number of amides is 2. The van der Waals surface area contributed by atoms with Crippen molar-refractivity contribution in [2.24, 2.45) is 0 Å². The number of nitrogens with one attached hydrogen (secondary N) is 2. The van der Waals surface area contributed by atoms with Crippen molar-refractivity contribution >= 4 is 57.1 Å². The van der Waals surface area contributed by atoms with Gasteiger partial charge in [-0.3, -0.25) is 14.4 Å². The van der Waals surface area contributed by atoms with Gasteiger partial charge in [-0.05, 0) is 79.2 Å². The normalized spacial score (nSPS) is 11.0. The highest BCUT2D eigenvalue weighted by atomic mass is 79.9. The van der Waals surface area contributed by atoms with E-state index in [1.807, 2.05) is 61.5 Å². The number of Topliss-reactive ketones (excluding diaryl/α,β-unsaturated/α-hetero) is 1. The number of hydrogen-bond acceptors (Lipinski definition) is 5. The number of benzene rings is 4. The smallest absolute Gasteiger partial charge is 0.272 e. The van der Waals surface area contributed by atoms with E-state index in [9.17, 15) is 14.4 Å². The summed E-state index contributed by atoms with van der Waals surface area (Å²) < 4.78 is 6.41. The molecule has 4 aromatic carbocycles. The van der Waals surface area contributed by atoms with E-state index >= 15 is 0 Å². The molecule has 6 nitrogen and oxygen atoms in total. The summed E-state index contributed by atoms with van der Waals surface area (Å²) in [7, 11) is 0. The molecule has 0 spiro atoms. The van der Waals surface area contributed by atoms with Crippen molar-refractivity contribution < 1.29 is 19.1 Å². The molecule has 0 aliphatic rings. The molecule has 4 aromatic rings. The van der Waals surface area contributed by atoms with Crippen LogP contribution in [0.5, 0.6) is 5.75 Å². The molecule has 0 radical (unpaired) electrons. The van der Waals surface area contributed by atoms with Gasteiger partial charge in [-0.1, -0.05) is 58.4 Å². The first-order chi connectivity index (χ1) is 19.4. The van der Waals surface area contributed by atoms with Crippen molar-refractivity contribution in [3.63, 3.8) is 0 Å². The second-order valence-corrected chi connectivity index (χ2v) is 10.5. The summed E-state index contributed by atoms with van der Waals surface area (Å²) in [5, 5.41) is 5.59. The van der Waals surface area contributed by atoms with Crippen LogP contribution in [0.1, 0.15) is 33.2 Å². The maximum absolute atomic E-state index is 13.3. The first kappa shape index (κ1) is 28.9. The summed E-state index contributed by atoms with van der Waals surface area (Å²) in [6.45, 7) is 2.46. The first-order valence-electron chi connectivity index (χ1n) is 12.5. The Morgan fingerprint density at radius 1 is 0.825 bits per heavy atom. The Balaban J connectivity index is 1.44. The average Bonchev–Trinajstić information content (AvgIpc) is 2.98. The maximum atomic E-state index is 13.3. The highest BCUT2D eigenvalue weighted by Gasteiger charge is 2.15. The van der Waals surface area contributed by atoms with Crippen LogP contribution in [0.25, 0.3) is 6.08 Å². The van der Waals surface area contributed by atoms with E-state index in [-0.39, 0.29) is 11.5 Å². The van der Waals surface area contributed by atoms with Gasteiger partial charge in [0, 0.05) is 26.2 Å². The van der Waals surface area contributed by atoms with Gasteiger partial charge in [-0.25, -0.2) is 0 Å². The minimum absolute atomic E-state index is 0.0353. The summed E-state index contributed by atoms with van der Waals surface area (Å²) in [6.07, 6.45) is 1.61. The Bertz CT molecular complexity index is 1490. The zero-order chi connectivity index (χ0) is 28.3. The van der Waals surface area contributed by atoms with Gasteiger partial charge in [-0.2, -0.15) is 0 Å². The Hall–Kier alpha value is -4.14. The quantitative estimate of drug-likeness (QED) is 0.106. The molecule has 0 saturated carbocycles. The molecule has 0 atom stereocenters. The topological polar surface area (TPSA) is 84.5 Å². The summed E-state index contributed by atoms with van der Waals surface area (Å²) >= 11 is 4.80. The fraction of sp³-hybridized carbons (Fsp3) is 0.0938. The summed E-state index contributed by atoms with van der Waals surface area (Å²) in [5.74, 6) is 0.191. The molecular formula is C32H27BrN2O4S. The van der Waals surface area contributed by atoms with Gasteiger partial charge in [0.15, 0.2) is 5.78 Å². The lowest BCUT2D eigenvalue weighted by atomic mass is 10.1. The maximum Gasteiger partial charge on any atom is 0.272 e. The molecular weight excluding hydrogens is 588 g/mol. The average molecular weight is 616 g/mol. The van der Waals surface area contributed by atoms with Crippen LogP contribution in [0, 0.1) is 0 Å². The number of rotatable bonds is 11. The number of thioether (sulfide) groups is 1. The lowest BCUT2D eigenvalue weighted by Gasteiger charge is -2.12. The number of carbonyl (C=O) groups excluding carboxylic acids is 3.